The number of aliphatic carboxylic acids is 1. The van der Waals surface area contributed by atoms with Gasteiger partial charge in [-0.3, -0.25) is 4.79 Å². The van der Waals surface area contributed by atoms with Gasteiger partial charge in [-0.15, -0.1) is 5.10 Å². The standard InChI is InChI=1S/C24H34N4O2/c29-21(30)24-3-1-2-14-6-19(24)12-23(8-14,13-24)22-9-15-4-16(20-25-27-28-26-20)7-18(11-22)17(5-15)10-22/h14-19H,1-13H2,(H,29,30)(H,25,26,27,28). The Balaban J connectivity index is 1.26. The summed E-state index contributed by atoms with van der Waals surface area (Å²) in [5.41, 5.74) is 0.325. The fourth-order valence-corrected chi connectivity index (χ4v) is 10.6. The second-order valence-corrected chi connectivity index (χ2v) is 12.5. The van der Waals surface area contributed by atoms with Crippen LogP contribution < -0.4 is 0 Å². The molecule has 162 valence electrons. The van der Waals surface area contributed by atoms with Gasteiger partial charge in [-0.1, -0.05) is 12.8 Å². The summed E-state index contributed by atoms with van der Waals surface area (Å²) < 4.78 is 0. The molecule has 1 aromatic heterocycles. The molecule has 6 aliphatic rings. The number of aromatic nitrogens is 4. The molecular formula is C24H34N4O2. The Hall–Kier alpha value is -1.46. The van der Waals surface area contributed by atoms with Gasteiger partial charge in [0.1, 0.15) is 0 Å². The number of carbonyl (C=O) groups is 1. The highest BCUT2D eigenvalue weighted by molar-refractivity contribution is 5.76. The van der Waals surface area contributed by atoms with Crippen LogP contribution in [0.1, 0.15) is 95.2 Å². The second-order valence-electron chi connectivity index (χ2n) is 12.5. The monoisotopic (exact) mass is 410 g/mol. The van der Waals surface area contributed by atoms with E-state index >= 15 is 0 Å². The van der Waals surface area contributed by atoms with Gasteiger partial charge in [-0.2, -0.15) is 0 Å². The van der Waals surface area contributed by atoms with Gasteiger partial charge in [0, 0.05) is 5.92 Å². The van der Waals surface area contributed by atoms with E-state index in [0.29, 0.717) is 22.7 Å². The average molecular weight is 411 g/mol. The number of carboxylic acid groups (broad SMARTS) is 1. The largest absolute Gasteiger partial charge is 0.481 e. The van der Waals surface area contributed by atoms with E-state index in [1.165, 1.54) is 64.2 Å². The highest BCUT2D eigenvalue weighted by atomic mass is 16.4. The first-order valence-corrected chi connectivity index (χ1v) is 12.5. The van der Waals surface area contributed by atoms with E-state index in [1.54, 1.807) is 0 Å². The maximum Gasteiger partial charge on any atom is 0.309 e. The number of H-pyrrole nitrogens is 1. The van der Waals surface area contributed by atoms with Crippen molar-refractivity contribution in [3.8, 4) is 0 Å². The molecule has 1 heterocycles. The van der Waals surface area contributed by atoms with Gasteiger partial charge in [-0.05, 0) is 121 Å². The molecular weight excluding hydrogens is 376 g/mol. The van der Waals surface area contributed by atoms with E-state index in [0.717, 1.165) is 48.8 Å². The molecule has 6 nitrogen and oxygen atoms in total. The number of aromatic amines is 1. The third-order valence-corrected chi connectivity index (χ3v) is 11.4. The first-order chi connectivity index (χ1) is 14.5. The van der Waals surface area contributed by atoms with Crippen LogP contribution in [0.5, 0.6) is 0 Å². The number of nitrogens with one attached hydrogen (secondary N) is 1. The van der Waals surface area contributed by atoms with Gasteiger partial charge in [0.2, 0.25) is 0 Å². The molecule has 0 aliphatic heterocycles. The summed E-state index contributed by atoms with van der Waals surface area (Å²) in [6.07, 6.45) is 16.0. The summed E-state index contributed by atoms with van der Waals surface area (Å²) in [6, 6.07) is 0. The van der Waals surface area contributed by atoms with Gasteiger partial charge in [0.25, 0.3) is 0 Å². The number of hydrogen-bond acceptors (Lipinski definition) is 4. The number of carboxylic acids is 1. The molecule has 30 heavy (non-hydrogen) atoms. The number of hydrogen-bond donors (Lipinski definition) is 2. The van der Waals surface area contributed by atoms with E-state index in [1.807, 2.05) is 0 Å². The molecule has 1 aromatic rings. The second kappa shape index (κ2) is 5.86. The maximum absolute atomic E-state index is 12.7. The number of tetrazole rings is 1. The predicted molar refractivity (Wildman–Crippen MR) is 109 cm³/mol. The predicted octanol–water partition coefficient (Wildman–Crippen LogP) is 4.56. The molecule has 7 rings (SSSR count). The Bertz CT molecular complexity index is 869. The van der Waals surface area contributed by atoms with Crippen molar-refractivity contribution in [2.45, 2.75) is 89.4 Å². The van der Waals surface area contributed by atoms with Crippen molar-refractivity contribution in [1.29, 1.82) is 0 Å². The molecule has 9 unspecified atom stereocenters. The minimum absolute atomic E-state index is 0.311. The van der Waals surface area contributed by atoms with E-state index in [4.69, 9.17) is 0 Å². The molecule has 6 fully saturated rings. The van der Waals surface area contributed by atoms with Crippen LogP contribution >= 0.6 is 0 Å². The van der Waals surface area contributed by atoms with Crippen LogP contribution in [0.15, 0.2) is 0 Å². The Morgan fingerprint density at radius 3 is 2.60 bits per heavy atom. The Kier molecular flexibility index (Phi) is 3.54. The quantitative estimate of drug-likeness (QED) is 0.762. The molecule has 9 atom stereocenters. The lowest BCUT2D eigenvalue weighted by Crippen LogP contribution is -2.46. The Labute approximate surface area is 178 Å². The summed E-state index contributed by atoms with van der Waals surface area (Å²) in [5, 5.41) is 25.5. The van der Waals surface area contributed by atoms with Crippen LogP contribution in [0.25, 0.3) is 0 Å². The van der Waals surface area contributed by atoms with Gasteiger partial charge in [-0.25, -0.2) is 5.10 Å². The van der Waals surface area contributed by atoms with Gasteiger partial charge in [0.05, 0.1) is 5.41 Å². The lowest BCUT2D eigenvalue weighted by molar-refractivity contribution is -0.152. The zero-order chi connectivity index (χ0) is 20.1. The van der Waals surface area contributed by atoms with Crippen molar-refractivity contribution in [2.24, 2.45) is 45.8 Å². The summed E-state index contributed by atoms with van der Waals surface area (Å²) in [6.45, 7) is 0. The van der Waals surface area contributed by atoms with Crippen molar-refractivity contribution in [1.82, 2.24) is 20.6 Å². The highest BCUT2D eigenvalue weighted by Gasteiger charge is 2.71. The number of fused-ring (bicyclic) bond motifs is 5. The lowest BCUT2D eigenvalue weighted by Gasteiger charge is -2.55. The van der Waals surface area contributed by atoms with E-state index in [-0.39, 0.29) is 0 Å². The molecule has 0 amide bonds. The summed E-state index contributed by atoms with van der Waals surface area (Å²) >= 11 is 0. The zero-order valence-electron chi connectivity index (χ0n) is 17.9. The third kappa shape index (κ3) is 2.21. The minimum atomic E-state index is -0.461. The summed E-state index contributed by atoms with van der Waals surface area (Å²) in [4.78, 5) is 12.7. The Morgan fingerprint density at radius 2 is 1.80 bits per heavy atom. The van der Waals surface area contributed by atoms with Crippen molar-refractivity contribution in [2.75, 3.05) is 0 Å². The smallest absolute Gasteiger partial charge is 0.309 e. The fraction of sp³-hybridized carbons (Fsp3) is 0.917. The van der Waals surface area contributed by atoms with E-state index in [9.17, 15) is 9.90 Å². The van der Waals surface area contributed by atoms with Crippen LogP contribution in [0.2, 0.25) is 0 Å². The van der Waals surface area contributed by atoms with Crippen LogP contribution in [0.4, 0.5) is 0 Å². The molecule has 0 radical (unpaired) electrons. The van der Waals surface area contributed by atoms with Crippen molar-refractivity contribution in [3.63, 3.8) is 0 Å². The fourth-order valence-electron chi connectivity index (χ4n) is 10.6. The van der Waals surface area contributed by atoms with Gasteiger partial charge in [0.15, 0.2) is 5.82 Å². The first kappa shape index (κ1) is 18.1. The molecule has 0 saturated heterocycles. The lowest BCUT2D eigenvalue weighted by atomic mass is 9.50. The SMILES string of the molecule is O=C(O)C12CCCC3CC1CC(C14CC5CC(c6nnn[nH]6)CC(C1)C(C5)C4)(C3)C2. The van der Waals surface area contributed by atoms with Gasteiger partial charge >= 0.3 is 5.97 Å². The van der Waals surface area contributed by atoms with Crippen molar-refractivity contribution >= 4 is 5.97 Å². The molecule has 6 saturated carbocycles. The van der Waals surface area contributed by atoms with E-state index < -0.39 is 11.4 Å². The van der Waals surface area contributed by atoms with Crippen molar-refractivity contribution < 1.29 is 9.90 Å². The molecule has 0 aromatic carbocycles. The maximum atomic E-state index is 12.7. The van der Waals surface area contributed by atoms with Crippen LogP contribution in [0.3, 0.4) is 0 Å². The molecule has 2 N–H and O–H groups in total. The summed E-state index contributed by atoms with van der Waals surface area (Å²) in [7, 11) is 0. The number of nitrogens with zero attached hydrogens (tertiary/aromatic N) is 3. The van der Waals surface area contributed by atoms with E-state index in [2.05, 4.69) is 20.6 Å². The molecule has 6 heteroatoms. The van der Waals surface area contributed by atoms with Gasteiger partial charge < -0.3 is 5.11 Å². The van der Waals surface area contributed by atoms with Crippen LogP contribution in [-0.4, -0.2) is 31.7 Å². The number of rotatable bonds is 3. The third-order valence-electron chi connectivity index (χ3n) is 11.4. The Morgan fingerprint density at radius 1 is 0.967 bits per heavy atom. The molecule has 0 spiro atoms. The van der Waals surface area contributed by atoms with Crippen LogP contribution in [-0.2, 0) is 4.79 Å². The zero-order valence-corrected chi connectivity index (χ0v) is 17.9. The minimum Gasteiger partial charge on any atom is -0.481 e. The summed E-state index contributed by atoms with van der Waals surface area (Å²) in [5.74, 6) is 4.65. The highest BCUT2D eigenvalue weighted by Crippen LogP contribution is 2.78. The van der Waals surface area contributed by atoms with Crippen molar-refractivity contribution in [3.05, 3.63) is 5.82 Å². The normalized spacial score (nSPS) is 53.6. The molecule has 6 aliphatic carbocycles. The topological polar surface area (TPSA) is 91.8 Å². The first-order valence-electron chi connectivity index (χ1n) is 12.5. The van der Waals surface area contributed by atoms with Crippen LogP contribution in [0, 0.1) is 45.8 Å². The average Bonchev–Trinajstić information content (AvgIpc) is 3.33. The molecule has 6 bridgehead atoms.